The van der Waals surface area contributed by atoms with Crippen molar-refractivity contribution < 1.29 is 27.5 Å². The highest BCUT2D eigenvalue weighted by molar-refractivity contribution is 7.89. The van der Waals surface area contributed by atoms with E-state index < -0.39 is 28.2 Å². The number of piperazine rings is 1. The Morgan fingerprint density at radius 1 is 1.02 bits per heavy atom. The number of piperidine rings is 1. The van der Waals surface area contributed by atoms with Gasteiger partial charge in [0, 0.05) is 49.7 Å². The number of hydrogen-bond acceptors (Lipinski definition) is 9. The van der Waals surface area contributed by atoms with Gasteiger partial charge in [-0.3, -0.25) is 14.7 Å². The van der Waals surface area contributed by atoms with Crippen LogP contribution in [0, 0.1) is 5.92 Å². The van der Waals surface area contributed by atoms with Gasteiger partial charge in [-0.15, -0.1) is 11.3 Å². The van der Waals surface area contributed by atoms with Gasteiger partial charge < -0.3 is 19.9 Å². The molecule has 49 heavy (non-hydrogen) atoms. The number of ether oxygens (including phenoxy) is 1. The first-order valence-electron chi connectivity index (χ1n) is 17.0. The number of sulfonamides is 1. The highest BCUT2D eigenvalue weighted by atomic mass is 35.5. The number of nitrogens with zero attached hydrogens (tertiary/aromatic N) is 4. The molecule has 12 nitrogen and oxygen atoms in total. The molecule has 0 spiro atoms. The number of nitrogens with one attached hydrogen (secondary N) is 2. The van der Waals surface area contributed by atoms with Crippen LogP contribution in [0.25, 0.3) is 0 Å². The van der Waals surface area contributed by atoms with Gasteiger partial charge in [-0.2, -0.15) is 9.40 Å². The summed E-state index contributed by atoms with van der Waals surface area (Å²) >= 11 is 7.82. The van der Waals surface area contributed by atoms with Gasteiger partial charge in [0.15, 0.2) is 11.5 Å². The van der Waals surface area contributed by atoms with Gasteiger partial charge in [0.2, 0.25) is 15.9 Å². The fraction of sp³-hybridized carbons (Fsp3) is 0.529. The van der Waals surface area contributed by atoms with Crippen molar-refractivity contribution >= 4 is 50.7 Å². The molecule has 2 aromatic heterocycles. The molecule has 1 aliphatic carbocycles. The van der Waals surface area contributed by atoms with E-state index in [9.17, 15) is 22.8 Å². The number of carbonyl (C=O) groups excluding carboxylic acids is 3. The lowest BCUT2D eigenvalue weighted by Gasteiger charge is -2.44. The van der Waals surface area contributed by atoms with Gasteiger partial charge in [0.1, 0.15) is 10.9 Å². The minimum absolute atomic E-state index is 0.00976. The number of Topliss-reactive ketones (excluding diaryl/α,β-unsaturated/α-hetero) is 1. The van der Waals surface area contributed by atoms with Crippen molar-refractivity contribution in [1.29, 1.82) is 0 Å². The standard InChI is InChI=1S/C34H43ClN6O6S2/c35-28-10-4-5-11-31(28)47-34(44)39-18-19-41(29(23-39)30(42)13-12-26-9-6-20-48-26)33(43)32(38-25-7-2-1-3-8-25)24-14-16-40(17-15-24)49(45,46)27-21-36-37-22-27/h4-6,9-11,20-22,24-25,29,32,38H,1-3,7-8,12-19,23H2,(H,36,37)/t29-,32+/m0/s1. The highest BCUT2D eigenvalue weighted by Gasteiger charge is 2.43. The Bertz CT molecular complexity index is 1670. The molecule has 0 unspecified atom stereocenters. The third-order valence-electron chi connectivity index (χ3n) is 9.89. The van der Waals surface area contributed by atoms with Gasteiger partial charge in [0.05, 0.1) is 23.8 Å². The van der Waals surface area contributed by atoms with E-state index in [1.54, 1.807) is 40.5 Å². The maximum absolute atomic E-state index is 14.7. The maximum Gasteiger partial charge on any atom is 0.415 e. The zero-order valence-electron chi connectivity index (χ0n) is 27.3. The van der Waals surface area contributed by atoms with E-state index >= 15 is 0 Å². The normalized spacial score (nSPS) is 20.6. The summed E-state index contributed by atoms with van der Waals surface area (Å²) in [6, 6.07) is 9.36. The first kappa shape index (κ1) is 35.5. The topological polar surface area (TPSA) is 145 Å². The van der Waals surface area contributed by atoms with E-state index in [1.165, 1.54) is 21.6 Å². The van der Waals surface area contributed by atoms with Crippen molar-refractivity contribution in [1.82, 2.24) is 29.6 Å². The summed E-state index contributed by atoms with van der Waals surface area (Å²) in [6.07, 6.45) is 9.06. The third-order valence-corrected chi connectivity index (χ3v) is 13.0. The summed E-state index contributed by atoms with van der Waals surface area (Å²) < 4.78 is 33.5. The van der Waals surface area contributed by atoms with Crippen molar-refractivity contribution in [3.8, 4) is 5.75 Å². The number of aromatic amines is 1. The molecule has 6 rings (SSSR count). The molecule has 0 radical (unpaired) electrons. The van der Waals surface area contributed by atoms with Crippen molar-refractivity contribution in [2.45, 2.75) is 80.8 Å². The van der Waals surface area contributed by atoms with E-state index in [0.717, 1.165) is 37.0 Å². The lowest BCUT2D eigenvalue weighted by Crippen LogP contribution is -2.64. The van der Waals surface area contributed by atoms with Crippen molar-refractivity contribution in [3.63, 3.8) is 0 Å². The zero-order valence-corrected chi connectivity index (χ0v) is 29.7. The molecule has 4 heterocycles. The number of para-hydroxylation sites is 1. The molecular weight excluding hydrogens is 688 g/mol. The van der Waals surface area contributed by atoms with Crippen LogP contribution in [0.5, 0.6) is 5.75 Å². The Hall–Kier alpha value is -3.30. The zero-order chi connectivity index (χ0) is 34.4. The molecule has 1 saturated carbocycles. The number of rotatable bonds is 11. The number of thiophene rings is 1. The number of benzene rings is 1. The maximum atomic E-state index is 14.7. The predicted molar refractivity (Wildman–Crippen MR) is 186 cm³/mol. The van der Waals surface area contributed by atoms with Crippen LogP contribution in [0.2, 0.25) is 5.02 Å². The summed E-state index contributed by atoms with van der Waals surface area (Å²) in [5.41, 5.74) is 0. The molecule has 1 aromatic carbocycles. The Morgan fingerprint density at radius 2 is 1.80 bits per heavy atom. The largest absolute Gasteiger partial charge is 0.415 e. The summed E-state index contributed by atoms with van der Waals surface area (Å²) in [6.45, 7) is 0.928. The molecule has 3 aromatic rings. The number of hydrogen-bond donors (Lipinski definition) is 2. The van der Waals surface area contributed by atoms with Crippen molar-refractivity contribution in [2.75, 3.05) is 32.7 Å². The molecule has 2 N–H and O–H groups in total. The molecule has 2 amide bonds. The summed E-state index contributed by atoms with van der Waals surface area (Å²) in [4.78, 5) is 46.3. The van der Waals surface area contributed by atoms with E-state index in [4.69, 9.17) is 16.3 Å². The average molecular weight is 731 g/mol. The Morgan fingerprint density at radius 3 is 2.49 bits per heavy atom. The number of amides is 2. The van der Waals surface area contributed by atoms with Gasteiger partial charge in [0.25, 0.3) is 0 Å². The molecule has 3 aliphatic rings. The van der Waals surface area contributed by atoms with Crippen LogP contribution < -0.4 is 10.1 Å². The lowest BCUT2D eigenvalue weighted by molar-refractivity contribution is -0.146. The van der Waals surface area contributed by atoms with Gasteiger partial charge in [-0.05, 0) is 61.6 Å². The van der Waals surface area contributed by atoms with Crippen LogP contribution in [0.15, 0.2) is 59.1 Å². The SMILES string of the molecule is O=C(CCc1cccs1)[C@@H]1CN(C(=O)Oc2ccccc2Cl)CCN1C(=O)[C@H](NC1CCCCC1)C1CCN(S(=O)(=O)c2cn[nH]c2)CC1. The average Bonchev–Trinajstić information content (AvgIpc) is 3.87. The summed E-state index contributed by atoms with van der Waals surface area (Å²) in [5.74, 6) is -0.189. The number of H-pyrrole nitrogens is 1. The van der Waals surface area contributed by atoms with E-state index in [0.29, 0.717) is 24.3 Å². The molecule has 2 aliphatic heterocycles. The van der Waals surface area contributed by atoms with Crippen LogP contribution in [-0.4, -0.2) is 101 Å². The number of aryl methyl sites for hydroxylation is 1. The smallest absolute Gasteiger partial charge is 0.409 e. The number of carbonyl (C=O) groups is 3. The van der Waals surface area contributed by atoms with E-state index in [2.05, 4.69) is 15.5 Å². The molecule has 264 valence electrons. The summed E-state index contributed by atoms with van der Waals surface area (Å²) in [5, 5.41) is 12.3. The van der Waals surface area contributed by atoms with Crippen molar-refractivity contribution in [3.05, 3.63) is 64.1 Å². The Labute approximate surface area is 296 Å². The molecular formula is C34H43ClN6O6S2. The predicted octanol–water partition coefficient (Wildman–Crippen LogP) is 4.73. The van der Waals surface area contributed by atoms with Crippen LogP contribution in [0.4, 0.5) is 4.79 Å². The fourth-order valence-corrected chi connectivity index (χ4v) is 9.39. The van der Waals surface area contributed by atoms with Gasteiger partial charge in [-0.25, -0.2) is 13.2 Å². The Kier molecular flexibility index (Phi) is 11.7. The highest BCUT2D eigenvalue weighted by Crippen LogP contribution is 2.30. The molecule has 3 fully saturated rings. The van der Waals surface area contributed by atoms with Crippen molar-refractivity contribution in [2.24, 2.45) is 5.92 Å². The number of halogens is 1. The lowest BCUT2D eigenvalue weighted by atomic mass is 9.86. The number of ketones is 1. The van der Waals surface area contributed by atoms with E-state index in [1.807, 2.05) is 17.5 Å². The van der Waals surface area contributed by atoms with Gasteiger partial charge >= 0.3 is 6.09 Å². The van der Waals surface area contributed by atoms with Crippen LogP contribution in [-0.2, 0) is 26.0 Å². The van der Waals surface area contributed by atoms with Gasteiger partial charge in [-0.1, -0.05) is 49.1 Å². The second-order valence-corrected chi connectivity index (χ2v) is 16.4. The molecule has 0 bridgehead atoms. The second kappa shape index (κ2) is 16.2. The molecule has 15 heteroatoms. The number of aromatic nitrogens is 2. The van der Waals surface area contributed by atoms with Crippen LogP contribution >= 0.6 is 22.9 Å². The Balaban J connectivity index is 1.21. The second-order valence-electron chi connectivity index (χ2n) is 13.0. The van der Waals surface area contributed by atoms with E-state index in [-0.39, 0.29) is 73.4 Å². The molecule has 2 atom stereocenters. The fourth-order valence-electron chi connectivity index (χ4n) is 7.13. The van der Waals surface area contributed by atoms with Crippen LogP contribution in [0.3, 0.4) is 0 Å². The third kappa shape index (κ3) is 8.54. The minimum Gasteiger partial charge on any atom is -0.409 e. The quantitative estimate of drug-likeness (QED) is 0.288. The van der Waals surface area contributed by atoms with Crippen LogP contribution in [0.1, 0.15) is 56.2 Å². The molecule has 2 saturated heterocycles. The minimum atomic E-state index is -3.70. The first-order chi connectivity index (χ1) is 23.7. The first-order valence-corrected chi connectivity index (χ1v) is 19.7. The monoisotopic (exact) mass is 730 g/mol. The summed E-state index contributed by atoms with van der Waals surface area (Å²) in [7, 11) is -3.70.